The molecule has 0 saturated carbocycles. The van der Waals surface area contributed by atoms with Gasteiger partial charge in [-0.2, -0.15) is 4.52 Å². The monoisotopic (exact) mass is 236 g/mol. The second kappa shape index (κ2) is 3.76. The predicted octanol–water partition coefficient (Wildman–Crippen LogP) is -1.66. The van der Waals surface area contributed by atoms with E-state index in [2.05, 4.69) is 15.1 Å². The first-order valence-electron chi connectivity index (χ1n) is 5.12. The third-order valence-electron chi connectivity index (χ3n) is 2.32. The molecular formula is C9H13BN4O3. The summed E-state index contributed by atoms with van der Waals surface area (Å²) in [6.07, 6.45) is 1.28. The fourth-order valence-corrected chi connectivity index (χ4v) is 1.59. The van der Waals surface area contributed by atoms with Crippen molar-refractivity contribution >= 4 is 18.2 Å². The Balaban J connectivity index is 2.79. The Labute approximate surface area is 97.9 Å². The molecular weight excluding hydrogens is 223 g/mol. The first-order valence-corrected chi connectivity index (χ1v) is 5.12. The van der Waals surface area contributed by atoms with Crippen molar-refractivity contribution in [3.05, 3.63) is 17.8 Å². The number of rotatable bonds is 2. The number of hydrogen-bond donors (Lipinski definition) is 3. The Morgan fingerprint density at radius 2 is 2.00 bits per heavy atom. The Bertz CT molecular complexity index is 561. The molecule has 3 N–H and O–H groups in total. The highest BCUT2D eigenvalue weighted by atomic mass is 16.4. The summed E-state index contributed by atoms with van der Waals surface area (Å²) in [7, 11) is -1.68. The fraction of sp³-hybridized carbons (Fsp3) is 0.444. The lowest BCUT2D eigenvalue weighted by molar-refractivity contribution is 0.0661. The maximum Gasteiger partial charge on any atom is 0.493 e. The molecule has 7 nitrogen and oxygen atoms in total. The maximum atomic E-state index is 9.95. The van der Waals surface area contributed by atoms with Crippen molar-refractivity contribution in [3.63, 3.8) is 0 Å². The van der Waals surface area contributed by atoms with Gasteiger partial charge in [0.25, 0.3) is 0 Å². The van der Waals surface area contributed by atoms with E-state index in [1.54, 1.807) is 20.8 Å². The van der Waals surface area contributed by atoms with Crippen LogP contribution >= 0.6 is 0 Å². The molecule has 0 bridgehead atoms. The van der Waals surface area contributed by atoms with E-state index in [9.17, 15) is 15.2 Å². The highest BCUT2D eigenvalue weighted by molar-refractivity contribution is 6.60. The molecule has 90 valence electrons. The minimum absolute atomic E-state index is 0.151. The maximum absolute atomic E-state index is 9.95. The number of fused-ring (bicyclic) bond motifs is 1. The molecule has 0 fully saturated rings. The SMILES string of the molecule is Cc1nc2c(B(O)O)cnc(C(C)(C)O)n2n1. The quantitative estimate of drug-likeness (QED) is 0.539. The first kappa shape index (κ1) is 12.0. The molecule has 2 rings (SSSR count). The van der Waals surface area contributed by atoms with Crippen LogP contribution in [0.5, 0.6) is 0 Å². The zero-order valence-corrected chi connectivity index (χ0v) is 9.79. The highest BCUT2D eigenvalue weighted by Crippen LogP contribution is 2.16. The summed E-state index contributed by atoms with van der Waals surface area (Å²) < 4.78 is 1.32. The summed E-state index contributed by atoms with van der Waals surface area (Å²) in [5.41, 5.74) is -0.764. The average molecular weight is 236 g/mol. The lowest BCUT2D eigenvalue weighted by Crippen LogP contribution is -2.35. The van der Waals surface area contributed by atoms with Gasteiger partial charge in [0.05, 0.1) is 0 Å². The lowest BCUT2D eigenvalue weighted by atomic mass is 9.82. The van der Waals surface area contributed by atoms with Crippen LogP contribution in [0.15, 0.2) is 6.20 Å². The van der Waals surface area contributed by atoms with Gasteiger partial charge in [-0.3, -0.25) is 0 Å². The first-order chi connectivity index (χ1) is 7.80. The van der Waals surface area contributed by atoms with Gasteiger partial charge in [0, 0.05) is 11.7 Å². The van der Waals surface area contributed by atoms with E-state index >= 15 is 0 Å². The third kappa shape index (κ3) is 2.02. The molecule has 0 spiro atoms. The van der Waals surface area contributed by atoms with E-state index in [4.69, 9.17) is 0 Å². The summed E-state index contributed by atoms with van der Waals surface area (Å²) in [4.78, 5) is 8.09. The fourth-order valence-electron chi connectivity index (χ4n) is 1.59. The summed E-state index contributed by atoms with van der Waals surface area (Å²) in [5, 5.41) is 32.4. The van der Waals surface area contributed by atoms with Crippen molar-refractivity contribution in [1.82, 2.24) is 19.6 Å². The molecule has 0 aliphatic carbocycles. The van der Waals surface area contributed by atoms with Gasteiger partial charge in [0.1, 0.15) is 11.4 Å². The van der Waals surface area contributed by atoms with E-state index in [1.165, 1.54) is 10.7 Å². The summed E-state index contributed by atoms with van der Waals surface area (Å²) in [6.45, 7) is 4.82. The average Bonchev–Trinajstić information content (AvgIpc) is 2.54. The van der Waals surface area contributed by atoms with Gasteiger partial charge in [0.15, 0.2) is 11.5 Å². The smallest absolute Gasteiger partial charge is 0.423 e. The van der Waals surface area contributed by atoms with Crippen molar-refractivity contribution in [2.75, 3.05) is 0 Å². The van der Waals surface area contributed by atoms with Gasteiger partial charge in [-0.25, -0.2) is 9.97 Å². The van der Waals surface area contributed by atoms with Crippen LogP contribution in [-0.2, 0) is 5.60 Å². The van der Waals surface area contributed by atoms with E-state index in [1.807, 2.05) is 0 Å². The molecule has 0 unspecified atom stereocenters. The molecule has 0 aliphatic rings. The van der Waals surface area contributed by atoms with Gasteiger partial charge >= 0.3 is 7.12 Å². The van der Waals surface area contributed by atoms with Crippen molar-refractivity contribution in [3.8, 4) is 0 Å². The number of aryl methyl sites for hydroxylation is 1. The van der Waals surface area contributed by atoms with E-state index in [0.717, 1.165) is 0 Å². The highest BCUT2D eigenvalue weighted by Gasteiger charge is 2.26. The molecule has 17 heavy (non-hydrogen) atoms. The topological polar surface area (TPSA) is 104 Å². The zero-order valence-electron chi connectivity index (χ0n) is 9.79. The number of aliphatic hydroxyl groups is 1. The molecule has 2 aromatic rings. The minimum Gasteiger partial charge on any atom is -0.423 e. The number of hydrogen-bond acceptors (Lipinski definition) is 6. The molecule has 8 heteroatoms. The molecule has 0 radical (unpaired) electrons. The van der Waals surface area contributed by atoms with E-state index in [0.29, 0.717) is 5.82 Å². The molecule has 2 aromatic heterocycles. The summed E-state index contributed by atoms with van der Waals surface area (Å²) >= 11 is 0. The van der Waals surface area contributed by atoms with Crippen LogP contribution in [0, 0.1) is 6.92 Å². The Kier molecular flexibility index (Phi) is 2.65. The Morgan fingerprint density at radius 3 is 2.53 bits per heavy atom. The van der Waals surface area contributed by atoms with Crippen LogP contribution in [0.4, 0.5) is 0 Å². The van der Waals surface area contributed by atoms with Gasteiger partial charge < -0.3 is 15.2 Å². The van der Waals surface area contributed by atoms with Crippen LogP contribution in [0.3, 0.4) is 0 Å². The van der Waals surface area contributed by atoms with Crippen molar-refractivity contribution in [2.45, 2.75) is 26.4 Å². The second-order valence-electron chi connectivity index (χ2n) is 4.36. The second-order valence-corrected chi connectivity index (χ2v) is 4.36. The molecule has 2 heterocycles. The van der Waals surface area contributed by atoms with E-state index in [-0.39, 0.29) is 16.9 Å². The lowest BCUT2D eigenvalue weighted by Gasteiger charge is -2.17. The standard InChI is InChI=1S/C9H13BN4O3/c1-5-12-7-6(10(16)17)4-11-8(9(2,3)15)14(7)13-5/h4,15-17H,1-3H3. The normalized spacial score (nSPS) is 12.1. The van der Waals surface area contributed by atoms with Crippen LogP contribution in [0.2, 0.25) is 0 Å². The van der Waals surface area contributed by atoms with Crippen molar-refractivity contribution in [2.24, 2.45) is 0 Å². The Morgan fingerprint density at radius 1 is 1.35 bits per heavy atom. The van der Waals surface area contributed by atoms with Gasteiger partial charge in [-0.15, -0.1) is 5.10 Å². The van der Waals surface area contributed by atoms with Crippen LogP contribution in [0.25, 0.3) is 5.65 Å². The molecule has 0 amide bonds. The minimum atomic E-state index is -1.68. The van der Waals surface area contributed by atoms with Crippen LogP contribution in [0.1, 0.15) is 25.5 Å². The molecule has 0 aromatic carbocycles. The Hall–Kier alpha value is -1.51. The van der Waals surface area contributed by atoms with Crippen LogP contribution in [-0.4, -0.2) is 41.9 Å². The third-order valence-corrected chi connectivity index (χ3v) is 2.32. The number of aromatic nitrogens is 4. The van der Waals surface area contributed by atoms with Crippen LogP contribution < -0.4 is 5.46 Å². The van der Waals surface area contributed by atoms with Crippen molar-refractivity contribution < 1.29 is 15.2 Å². The summed E-state index contributed by atoms with van der Waals surface area (Å²) in [6, 6.07) is 0. The molecule has 0 saturated heterocycles. The zero-order chi connectivity index (χ0) is 12.8. The molecule has 0 atom stereocenters. The van der Waals surface area contributed by atoms with Crippen molar-refractivity contribution in [1.29, 1.82) is 0 Å². The molecule has 0 aliphatic heterocycles. The predicted molar refractivity (Wildman–Crippen MR) is 60.6 cm³/mol. The number of nitrogens with zero attached hydrogens (tertiary/aromatic N) is 4. The van der Waals surface area contributed by atoms with Gasteiger partial charge in [-0.1, -0.05) is 0 Å². The van der Waals surface area contributed by atoms with Gasteiger partial charge in [-0.05, 0) is 20.8 Å². The summed E-state index contributed by atoms with van der Waals surface area (Å²) in [5.74, 6) is 0.753. The largest absolute Gasteiger partial charge is 0.493 e. The van der Waals surface area contributed by atoms with E-state index < -0.39 is 12.7 Å². The van der Waals surface area contributed by atoms with Gasteiger partial charge in [0.2, 0.25) is 0 Å².